The normalized spacial score (nSPS) is 10.6. The minimum Gasteiger partial charge on any atom is -0.382 e. The van der Waals surface area contributed by atoms with Crippen LogP contribution < -0.4 is 11.1 Å². The van der Waals surface area contributed by atoms with Gasteiger partial charge < -0.3 is 11.1 Å². The fraction of sp³-hybridized carbons (Fsp3) is 0.250. The number of nitrogen functional groups attached to an aromatic ring is 1. The second-order valence-electron chi connectivity index (χ2n) is 4.20. The van der Waals surface area contributed by atoms with Crippen molar-refractivity contribution in [3.8, 4) is 5.69 Å². The lowest BCUT2D eigenvalue weighted by Gasteiger charge is -2.06. The van der Waals surface area contributed by atoms with Crippen molar-refractivity contribution in [2.75, 3.05) is 5.73 Å². The number of nitrogens with one attached hydrogen (secondary N) is 1. The molecule has 1 heterocycles. The van der Waals surface area contributed by atoms with Gasteiger partial charge >= 0.3 is 0 Å². The molecule has 0 atom stereocenters. The minimum atomic E-state index is -0.315. The van der Waals surface area contributed by atoms with Crippen LogP contribution in [0.3, 0.4) is 0 Å². The first-order valence-corrected chi connectivity index (χ1v) is 5.67. The van der Waals surface area contributed by atoms with E-state index in [0.29, 0.717) is 0 Å². The monoisotopic (exact) mass is 245 g/mol. The number of nitrogens with two attached hydrogens (primary N) is 1. The Morgan fingerprint density at radius 3 is 2.61 bits per heavy atom. The first kappa shape index (κ1) is 12.1. The quantitative estimate of drug-likeness (QED) is 0.844. The first-order chi connectivity index (χ1) is 8.59. The van der Waals surface area contributed by atoms with E-state index in [-0.39, 0.29) is 23.5 Å². The van der Waals surface area contributed by atoms with Gasteiger partial charge in [0.25, 0.3) is 5.91 Å². The average molecular weight is 245 g/mol. The number of para-hydroxylation sites is 1. The molecule has 0 radical (unpaired) electrons. The number of benzene rings is 1. The molecule has 1 aromatic carbocycles. The summed E-state index contributed by atoms with van der Waals surface area (Å²) in [7, 11) is 0. The molecule has 1 amide bonds. The van der Waals surface area contributed by atoms with Crippen molar-refractivity contribution in [3.05, 3.63) is 36.0 Å². The van der Waals surface area contributed by atoms with Crippen LogP contribution in [0.4, 0.5) is 5.82 Å². The van der Waals surface area contributed by atoms with Crippen LogP contribution in [0, 0.1) is 0 Å². The molecule has 0 saturated heterocycles. The summed E-state index contributed by atoms with van der Waals surface area (Å²) in [6.45, 7) is 3.74. The van der Waals surface area contributed by atoms with Crippen LogP contribution in [0.5, 0.6) is 0 Å². The van der Waals surface area contributed by atoms with Crippen LogP contribution in [0.2, 0.25) is 0 Å². The lowest BCUT2D eigenvalue weighted by Crippen LogP contribution is -2.31. The highest BCUT2D eigenvalue weighted by Crippen LogP contribution is 2.14. The van der Waals surface area contributed by atoms with Gasteiger partial charge in [-0.3, -0.25) is 4.79 Å². The molecule has 0 bridgehead atoms. The third-order valence-electron chi connectivity index (χ3n) is 2.34. The number of nitrogens with zero attached hydrogens (tertiary/aromatic N) is 3. The molecule has 6 heteroatoms. The lowest BCUT2D eigenvalue weighted by atomic mass is 10.3. The van der Waals surface area contributed by atoms with Crippen LogP contribution in [-0.4, -0.2) is 26.9 Å². The van der Waals surface area contributed by atoms with Crippen molar-refractivity contribution >= 4 is 11.7 Å². The number of rotatable bonds is 3. The number of aromatic nitrogens is 3. The third-order valence-corrected chi connectivity index (χ3v) is 2.34. The van der Waals surface area contributed by atoms with Crippen LogP contribution in [0.1, 0.15) is 24.3 Å². The lowest BCUT2D eigenvalue weighted by molar-refractivity contribution is 0.0939. The molecule has 2 rings (SSSR count). The first-order valence-electron chi connectivity index (χ1n) is 5.67. The van der Waals surface area contributed by atoms with Gasteiger partial charge in [-0.1, -0.05) is 23.4 Å². The minimum absolute atomic E-state index is 0.0266. The SMILES string of the molecule is CC(C)NC(=O)c1nnn(-c2ccccc2)c1N. The standard InChI is InChI=1S/C12H15N5O/c1-8(2)14-12(18)10-11(13)17(16-15-10)9-6-4-3-5-7-9/h3-8H,13H2,1-2H3,(H,14,18). The summed E-state index contributed by atoms with van der Waals surface area (Å²) in [5.74, 6) is -0.0796. The maximum absolute atomic E-state index is 11.8. The molecule has 1 aromatic heterocycles. The zero-order valence-electron chi connectivity index (χ0n) is 10.3. The van der Waals surface area contributed by atoms with E-state index < -0.39 is 0 Å². The zero-order valence-corrected chi connectivity index (χ0v) is 10.3. The Labute approximate surface area is 105 Å². The van der Waals surface area contributed by atoms with Gasteiger partial charge in [0.05, 0.1) is 5.69 Å². The van der Waals surface area contributed by atoms with Crippen molar-refractivity contribution < 1.29 is 4.79 Å². The van der Waals surface area contributed by atoms with Crippen LogP contribution in [0.25, 0.3) is 5.69 Å². The molecule has 0 aliphatic carbocycles. The molecule has 0 fully saturated rings. The van der Waals surface area contributed by atoms with E-state index in [0.717, 1.165) is 5.69 Å². The van der Waals surface area contributed by atoms with Gasteiger partial charge in [-0.15, -0.1) is 5.10 Å². The summed E-state index contributed by atoms with van der Waals surface area (Å²) in [4.78, 5) is 11.8. The number of hydrogen-bond acceptors (Lipinski definition) is 4. The molecule has 6 nitrogen and oxygen atoms in total. The Morgan fingerprint density at radius 1 is 1.33 bits per heavy atom. The molecular weight excluding hydrogens is 230 g/mol. The maximum Gasteiger partial charge on any atom is 0.275 e. The Kier molecular flexibility index (Phi) is 3.27. The van der Waals surface area contributed by atoms with Gasteiger partial charge in [0.15, 0.2) is 11.5 Å². The summed E-state index contributed by atoms with van der Waals surface area (Å²) in [5.41, 5.74) is 6.80. The van der Waals surface area contributed by atoms with E-state index in [1.807, 2.05) is 44.2 Å². The van der Waals surface area contributed by atoms with Gasteiger partial charge in [-0.2, -0.15) is 4.68 Å². The van der Waals surface area contributed by atoms with E-state index in [2.05, 4.69) is 15.6 Å². The number of anilines is 1. The van der Waals surface area contributed by atoms with Crippen molar-refractivity contribution in [2.45, 2.75) is 19.9 Å². The molecule has 0 unspecified atom stereocenters. The largest absolute Gasteiger partial charge is 0.382 e. The molecule has 0 spiro atoms. The molecule has 0 aliphatic rings. The van der Waals surface area contributed by atoms with E-state index in [9.17, 15) is 4.79 Å². The van der Waals surface area contributed by atoms with E-state index in [1.54, 1.807) is 0 Å². The summed E-state index contributed by atoms with van der Waals surface area (Å²) >= 11 is 0. The molecule has 2 aromatic rings. The molecule has 0 aliphatic heterocycles. The topological polar surface area (TPSA) is 85.8 Å². The fourth-order valence-corrected chi connectivity index (χ4v) is 1.54. The predicted octanol–water partition coefficient (Wildman–Crippen LogP) is 0.988. The molecule has 18 heavy (non-hydrogen) atoms. The fourth-order valence-electron chi connectivity index (χ4n) is 1.54. The number of carbonyl (C=O) groups is 1. The Bertz CT molecular complexity index is 547. The average Bonchev–Trinajstić information content (AvgIpc) is 2.71. The number of amides is 1. The smallest absolute Gasteiger partial charge is 0.275 e. The highest BCUT2D eigenvalue weighted by atomic mass is 16.2. The van der Waals surface area contributed by atoms with Gasteiger partial charge in [0.1, 0.15) is 0 Å². The second kappa shape index (κ2) is 4.87. The predicted molar refractivity (Wildman–Crippen MR) is 68.4 cm³/mol. The van der Waals surface area contributed by atoms with Gasteiger partial charge in [0.2, 0.25) is 0 Å². The number of carbonyl (C=O) groups excluding carboxylic acids is 1. The molecule has 3 N–H and O–H groups in total. The third kappa shape index (κ3) is 2.32. The van der Waals surface area contributed by atoms with Gasteiger partial charge in [-0.05, 0) is 26.0 Å². The van der Waals surface area contributed by atoms with E-state index in [4.69, 9.17) is 5.73 Å². The van der Waals surface area contributed by atoms with Crippen LogP contribution in [0.15, 0.2) is 30.3 Å². The van der Waals surface area contributed by atoms with E-state index in [1.165, 1.54) is 4.68 Å². The highest BCUT2D eigenvalue weighted by Gasteiger charge is 2.18. The van der Waals surface area contributed by atoms with Gasteiger partial charge in [-0.25, -0.2) is 0 Å². The maximum atomic E-state index is 11.8. The summed E-state index contributed by atoms with van der Waals surface area (Å²) in [6.07, 6.45) is 0. The van der Waals surface area contributed by atoms with Crippen molar-refractivity contribution in [1.82, 2.24) is 20.3 Å². The number of hydrogen-bond donors (Lipinski definition) is 2. The van der Waals surface area contributed by atoms with Crippen molar-refractivity contribution in [3.63, 3.8) is 0 Å². The summed E-state index contributed by atoms with van der Waals surface area (Å²) in [5, 5.41) is 10.4. The van der Waals surface area contributed by atoms with Crippen molar-refractivity contribution in [1.29, 1.82) is 0 Å². The molecule has 0 saturated carbocycles. The Balaban J connectivity index is 2.32. The molecule has 94 valence electrons. The zero-order chi connectivity index (χ0) is 13.1. The Morgan fingerprint density at radius 2 is 2.00 bits per heavy atom. The molecular formula is C12H15N5O. The summed E-state index contributed by atoms with van der Waals surface area (Å²) < 4.78 is 1.44. The summed E-state index contributed by atoms with van der Waals surface area (Å²) in [6, 6.07) is 9.33. The van der Waals surface area contributed by atoms with Crippen LogP contribution >= 0.6 is 0 Å². The van der Waals surface area contributed by atoms with Crippen molar-refractivity contribution in [2.24, 2.45) is 0 Å². The van der Waals surface area contributed by atoms with E-state index >= 15 is 0 Å². The second-order valence-corrected chi connectivity index (χ2v) is 4.20. The highest BCUT2D eigenvalue weighted by molar-refractivity contribution is 5.96. The van der Waals surface area contributed by atoms with Gasteiger partial charge in [0, 0.05) is 6.04 Å². The Hall–Kier alpha value is -2.37. The van der Waals surface area contributed by atoms with Crippen LogP contribution in [-0.2, 0) is 0 Å².